The lowest BCUT2D eigenvalue weighted by atomic mass is 9.99. The highest BCUT2D eigenvalue weighted by atomic mass is 16.3. The number of rotatable bonds is 5. The number of urea groups is 1. The molecule has 132 valence electrons. The summed E-state index contributed by atoms with van der Waals surface area (Å²) in [4.78, 5) is 26.0. The quantitative estimate of drug-likeness (QED) is 0.773. The number of carbonyl (C=O) groups is 2. The van der Waals surface area contributed by atoms with Gasteiger partial charge in [0.1, 0.15) is 0 Å². The number of aliphatic hydroxyl groups is 1. The van der Waals surface area contributed by atoms with Crippen LogP contribution in [0.3, 0.4) is 0 Å². The largest absolute Gasteiger partial charge is 0.396 e. The Hall–Kier alpha value is -2.08. The van der Waals surface area contributed by atoms with Gasteiger partial charge in [0.05, 0.1) is 0 Å². The molecule has 1 atom stereocenters. The summed E-state index contributed by atoms with van der Waals surface area (Å²) >= 11 is 0. The van der Waals surface area contributed by atoms with Crippen LogP contribution in [0, 0.1) is 11.8 Å². The number of hydrogen-bond acceptors (Lipinski definition) is 3. The predicted octanol–water partition coefficient (Wildman–Crippen LogP) is 2.31. The van der Waals surface area contributed by atoms with Crippen molar-refractivity contribution in [3.05, 3.63) is 29.8 Å². The Morgan fingerprint density at radius 2 is 2.00 bits per heavy atom. The topological polar surface area (TPSA) is 81.7 Å². The number of piperidine rings is 1. The van der Waals surface area contributed by atoms with E-state index in [0.29, 0.717) is 36.8 Å². The molecule has 2 rings (SSSR count). The number of benzene rings is 1. The van der Waals surface area contributed by atoms with Crippen LogP contribution in [0.25, 0.3) is 0 Å². The highest BCUT2D eigenvalue weighted by molar-refractivity contribution is 5.95. The van der Waals surface area contributed by atoms with Crippen molar-refractivity contribution in [1.29, 1.82) is 0 Å². The minimum atomic E-state index is -0.162. The second kappa shape index (κ2) is 8.68. The van der Waals surface area contributed by atoms with E-state index in [1.54, 1.807) is 29.2 Å². The third-order valence-electron chi connectivity index (χ3n) is 4.13. The van der Waals surface area contributed by atoms with Gasteiger partial charge in [0, 0.05) is 37.5 Å². The predicted molar refractivity (Wildman–Crippen MR) is 94.0 cm³/mol. The molecular formula is C18H27N3O3. The number of amides is 3. The average Bonchev–Trinajstić information content (AvgIpc) is 2.60. The second-order valence-corrected chi connectivity index (χ2v) is 6.75. The van der Waals surface area contributed by atoms with Crippen molar-refractivity contribution in [3.8, 4) is 0 Å². The minimum absolute atomic E-state index is 0.108. The highest BCUT2D eigenvalue weighted by Crippen LogP contribution is 2.17. The molecule has 1 aliphatic rings. The summed E-state index contributed by atoms with van der Waals surface area (Å²) in [6.45, 7) is 6.13. The zero-order chi connectivity index (χ0) is 17.5. The van der Waals surface area contributed by atoms with Crippen LogP contribution < -0.4 is 10.6 Å². The van der Waals surface area contributed by atoms with Gasteiger partial charge < -0.3 is 20.6 Å². The zero-order valence-corrected chi connectivity index (χ0v) is 14.4. The first-order valence-electron chi connectivity index (χ1n) is 8.54. The molecule has 1 aliphatic heterocycles. The molecule has 1 unspecified atom stereocenters. The van der Waals surface area contributed by atoms with E-state index in [9.17, 15) is 14.7 Å². The number of aliphatic hydroxyl groups excluding tert-OH is 1. The van der Waals surface area contributed by atoms with Gasteiger partial charge in [-0.05, 0) is 48.9 Å². The van der Waals surface area contributed by atoms with Crippen LogP contribution in [-0.2, 0) is 0 Å². The van der Waals surface area contributed by atoms with Gasteiger partial charge in [0.2, 0.25) is 0 Å². The Bertz CT molecular complexity index is 557. The molecule has 6 nitrogen and oxygen atoms in total. The van der Waals surface area contributed by atoms with Crippen LogP contribution in [0.15, 0.2) is 24.3 Å². The van der Waals surface area contributed by atoms with E-state index in [1.165, 1.54) is 0 Å². The summed E-state index contributed by atoms with van der Waals surface area (Å²) in [5, 5.41) is 15.0. The molecule has 0 radical (unpaired) electrons. The van der Waals surface area contributed by atoms with E-state index in [2.05, 4.69) is 10.6 Å². The lowest BCUT2D eigenvalue weighted by Gasteiger charge is -2.31. The maximum absolute atomic E-state index is 12.3. The van der Waals surface area contributed by atoms with Gasteiger partial charge in [-0.3, -0.25) is 4.79 Å². The maximum atomic E-state index is 12.3. The molecule has 1 saturated heterocycles. The number of nitrogens with one attached hydrogen (secondary N) is 2. The summed E-state index contributed by atoms with van der Waals surface area (Å²) in [7, 11) is 0. The molecule has 0 saturated carbocycles. The van der Waals surface area contributed by atoms with Gasteiger partial charge in [0.25, 0.3) is 5.91 Å². The standard InChI is InChI=1S/C18H27N3O3/c1-13(2)10-19-17(23)15-5-7-16(8-6-15)20-18(24)21-9-3-4-14(11-21)12-22/h5-8,13-14,22H,3-4,9-12H2,1-2H3,(H,19,23)(H,20,24). The monoisotopic (exact) mass is 333 g/mol. The molecule has 24 heavy (non-hydrogen) atoms. The fourth-order valence-electron chi connectivity index (χ4n) is 2.70. The molecule has 6 heteroatoms. The summed E-state index contributed by atoms with van der Waals surface area (Å²) in [6.07, 6.45) is 1.87. The van der Waals surface area contributed by atoms with E-state index in [-0.39, 0.29) is 24.5 Å². The lowest BCUT2D eigenvalue weighted by molar-refractivity contribution is 0.0949. The number of carbonyl (C=O) groups excluding carboxylic acids is 2. The minimum Gasteiger partial charge on any atom is -0.396 e. The van der Waals surface area contributed by atoms with Crippen LogP contribution in [0.1, 0.15) is 37.0 Å². The molecular weight excluding hydrogens is 306 g/mol. The summed E-state index contributed by atoms with van der Waals surface area (Å²) < 4.78 is 0. The first-order chi connectivity index (χ1) is 11.5. The Morgan fingerprint density at radius 3 is 2.62 bits per heavy atom. The van der Waals surface area contributed by atoms with Gasteiger partial charge in [-0.25, -0.2) is 4.79 Å². The molecule has 3 amide bonds. The van der Waals surface area contributed by atoms with Gasteiger partial charge in [0.15, 0.2) is 0 Å². The van der Waals surface area contributed by atoms with Crippen molar-refractivity contribution < 1.29 is 14.7 Å². The normalized spacial score (nSPS) is 17.7. The average molecular weight is 333 g/mol. The van der Waals surface area contributed by atoms with E-state index < -0.39 is 0 Å². The van der Waals surface area contributed by atoms with Crippen LogP contribution in [0.5, 0.6) is 0 Å². The van der Waals surface area contributed by atoms with Gasteiger partial charge >= 0.3 is 6.03 Å². The smallest absolute Gasteiger partial charge is 0.321 e. The van der Waals surface area contributed by atoms with E-state index in [0.717, 1.165) is 12.8 Å². The summed E-state index contributed by atoms with van der Waals surface area (Å²) in [6, 6.07) is 6.71. The van der Waals surface area contributed by atoms with Crippen LogP contribution >= 0.6 is 0 Å². The molecule has 0 aliphatic carbocycles. The highest BCUT2D eigenvalue weighted by Gasteiger charge is 2.23. The number of anilines is 1. The first kappa shape index (κ1) is 18.3. The van der Waals surface area contributed by atoms with Crippen molar-refractivity contribution in [2.45, 2.75) is 26.7 Å². The van der Waals surface area contributed by atoms with Crippen molar-refractivity contribution in [1.82, 2.24) is 10.2 Å². The van der Waals surface area contributed by atoms with E-state index in [4.69, 9.17) is 0 Å². The molecule has 0 bridgehead atoms. The molecule has 0 aromatic heterocycles. The van der Waals surface area contributed by atoms with Gasteiger partial charge in [-0.15, -0.1) is 0 Å². The Balaban J connectivity index is 1.89. The second-order valence-electron chi connectivity index (χ2n) is 6.75. The number of nitrogens with zero attached hydrogens (tertiary/aromatic N) is 1. The van der Waals surface area contributed by atoms with E-state index in [1.807, 2.05) is 13.8 Å². The first-order valence-corrected chi connectivity index (χ1v) is 8.54. The van der Waals surface area contributed by atoms with Crippen LogP contribution in [0.2, 0.25) is 0 Å². The Morgan fingerprint density at radius 1 is 1.29 bits per heavy atom. The Kier molecular flexibility index (Phi) is 6.61. The Labute approximate surface area is 143 Å². The van der Waals surface area contributed by atoms with Crippen molar-refractivity contribution in [2.75, 3.05) is 31.6 Å². The fourth-order valence-corrected chi connectivity index (χ4v) is 2.70. The summed E-state index contributed by atoms with van der Waals surface area (Å²) in [5.41, 5.74) is 1.23. The third kappa shape index (κ3) is 5.23. The van der Waals surface area contributed by atoms with Crippen molar-refractivity contribution in [3.63, 3.8) is 0 Å². The molecule has 0 spiro atoms. The van der Waals surface area contributed by atoms with Crippen LogP contribution in [0.4, 0.5) is 10.5 Å². The van der Waals surface area contributed by atoms with Crippen molar-refractivity contribution >= 4 is 17.6 Å². The van der Waals surface area contributed by atoms with E-state index >= 15 is 0 Å². The fraction of sp³-hybridized carbons (Fsp3) is 0.556. The summed E-state index contributed by atoms with van der Waals surface area (Å²) in [5.74, 6) is 0.458. The molecule has 1 aromatic rings. The van der Waals surface area contributed by atoms with Crippen LogP contribution in [-0.4, -0.2) is 48.2 Å². The van der Waals surface area contributed by atoms with Gasteiger partial charge in [-0.2, -0.15) is 0 Å². The number of hydrogen-bond donors (Lipinski definition) is 3. The molecule has 1 heterocycles. The molecule has 3 N–H and O–H groups in total. The number of likely N-dealkylation sites (tertiary alicyclic amines) is 1. The maximum Gasteiger partial charge on any atom is 0.321 e. The van der Waals surface area contributed by atoms with Gasteiger partial charge in [-0.1, -0.05) is 13.8 Å². The SMILES string of the molecule is CC(C)CNC(=O)c1ccc(NC(=O)N2CCCC(CO)C2)cc1. The molecule has 1 aromatic carbocycles. The van der Waals surface area contributed by atoms with Crippen molar-refractivity contribution in [2.24, 2.45) is 11.8 Å². The third-order valence-corrected chi connectivity index (χ3v) is 4.13. The zero-order valence-electron chi connectivity index (χ0n) is 14.4. The lowest BCUT2D eigenvalue weighted by Crippen LogP contribution is -2.43. The molecule has 1 fully saturated rings.